The van der Waals surface area contributed by atoms with Crippen molar-refractivity contribution < 1.29 is 14.3 Å². The zero-order valence-electron chi connectivity index (χ0n) is 18.3. The van der Waals surface area contributed by atoms with E-state index < -0.39 is 5.60 Å². The maximum absolute atomic E-state index is 12.1. The molecule has 1 saturated carbocycles. The monoisotopic (exact) mass is 523 g/mol. The first-order valence-electron chi connectivity index (χ1n) is 10.5. The minimum Gasteiger partial charge on any atom is -0.444 e. The summed E-state index contributed by atoms with van der Waals surface area (Å²) < 4.78 is 5.32. The number of halogens is 1. The van der Waals surface area contributed by atoms with Crippen LogP contribution in [0.5, 0.6) is 0 Å². The summed E-state index contributed by atoms with van der Waals surface area (Å²) in [6.07, 6.45) is 6.78. The minimum absolute atomic E-state index is 0. The van der Waals surface area contributed by atoms with Crippen molar-refractivity contribution in [2.45, 2.75) is 83.4 Å². The van der Waals surface area contributed by atoms with Gasteiger partial charge >= 0.3 is 6.09 Å². The van der Waals surface area contributed by atoms with Crippen LogP contribution in [0.3, 0.4) is 0 Å². The molecule has 1 unspecified atom stereocenters. The lowest BCUT2D eigenvalue weighted by Crippen LogP contribution is -2.45. The summed E-state index contributed by atoms with van der Waals surface area (Å²) in [5, 5.41) is 9.31. The van der Waals surface area contributed by atoms with E-state index in [1.807, 2.05) is 20.8 Å². The Balaban J connectivity index is 0.00000420. The second kappa shape index (κ2) is 12.4. The van der Waals surface area contributed by atoms with Crippen molar-refractivity contribution in [1.82, 2.24) is 20.9 Å². The van der Waals surface area contributed by atoms with Crippen LogP contribution in [0.25, 0.3) is 0 Å². The third kappa shape index (κ3) is 9.86. The molecule has 29 heavy (non-hydrogen) atoms. The van der Waals surface area contributed by atoms with Crippen molar-refractivity contribution >= 4 is 41.9 Å². The molecule has 2 rings (SSSR count). The highest BCUT2D eigenvalue weighted by Crippen LogP contribution is 2.17. The van der Waals surface area contributed by atoms with Crippen molar-refractivity contribution in [2.75, 3.05) is 26.7 Å². The van der Waals surface area contributed by atoms with Crippen molar-refractivity contribution in [3.8, 4) is 0 Å². The first-order chi connectivity index (χ1) is 13.3. The zero-order chi connectivity index (χ0) is 20.6. The lowest BCUT2D eigenvalue weighted by Gasteiger charge is -2.24. The zero-order valence-corrected chi connectivity index (χ0v) is 20.6. The van der Waals surface area contributed by atoms with Gasteiger partial charge in [-0.3, -0.25) is 9.79 Å². The maximum atomic E-state index is 12.1. The van der Waals surface area contributed by atoms with Gasteiger partial charge in [0.1, 0.15) is 5.60 Å². The fourth-order valence-electron chi connectivity index (χ4n) is 3.71. The summed E-state index contributed by atoms with van der Waals surface area (Å²) in [5.41, 5.74) is -0.502. The highest BCUT2D eigenvalue weighted by molar-refractivity contribution is 14.0. The topological polar surface area (TPSA) is 95.1 Å². The highest BCUT2D eigenvalue weighted by atomic mass is 127. The molecule has 8 nitrogen and oxygen atoms in total. The van der Waals surface area contributed by atoms with Crippen LogP contribution in [0.15, 0.2) is 4.99 Å². The summed E-state index contributed by atoms with van der Waals surface area (Å²) >= 11 is 0. The van der Waals surface area contributed by atoms with E-state index in [4.69, 9.17) is 4.74 Å². The summed E-state index contributed by atoms with van der Waals surface area (Å²) in [6.45, 7) is 7.57. The van der Waals surface area contributed by atoms with E-state index in [-0.39, 0.29) is 42.0 Å². The van der Waals surface area contributed by atoms with Gasteiger partial charge in [0.2, 0.25) is 5.91 Å². The number of carbonyl (C=O) groups is 2. The fourth-order valence-corrected chi connectivity index (χ4v) is 3.71. The maximum Gasteiger partial charge on any atom is 0.407 e. The van der Waals surface area contributed by atoms with E-state index in [9.17, 15) is 9.59 Å². The largest absolute Gasteiger partial charge is 0.444 e. The average molecular weight is 523 g/mol. The lowest BCUT2D eigenvalue weighted by molar-refractivity contribution is -0.121. The van der Waals surface area contributed by atoms with Crippen LogP contribution < -0.4 is 16.0 Å². The summed E-state index contributed by atoms with van der Waals surface area (Å²) in [6, 6.07) is 0.377. The summed E-state index contributed by atoms with van der Waals surface area (Å²) in [7, 11) is 1.74. The van der Waals surface area contributed by atoms with Gasteiger partial charge in [0.25, 0.3) is 0 Å². The smallest absolute Gasteiger partial charge is 0.407 e. The second-order valence-corrected chi connectivity index (χ2v) is 8.70. The lowest BCUT2D eigenvalue weighted by atomic mass is 9.95. The van der Waals surface area contributed by atoms with Crippen LogP contribution in [0.1, 0.15) is 65.7 Å². The third-order valence-electron chi connectivity index (χ3n) is 5.03. The molecule has 2 aliphatic rings. The molecule has 168 valence electrons. The number of hydrogen-bond donors (Lipinski definition) is 3. The number of amides is 2. The Morgan fingerprint density at radius 2 is 1.76 bits per heavy atom. The number of ether oxygens (including phenoxy) is 1. The van der Waals surface area contributed by atoms with Gasteiger partial charge in [0.15, 0.2) is 5.96 Å². The van der Waals surface area contributed by atoms with Crippen LogP contribution in [-0.4, -0.2) is 67.2 Å². The van der Waals surface area contributed by atoms with E-state index in [2.05, 4.69) is 25.8 Å². The molecule has 0 bridgehead atoms. The van der Waals surface area contributed by atoms with E-state index in [1.54, 1.807) is 7.05 Å². The van der Waals surface area contributed by atoms with Crippen LogP contribution in [0.2, 0.25) is 0 Å². The molecule has 3 N–H and O–H groups in total. The van der Waals surface area contributed by atoms with Crippen molar-refractivity contribution in [2.24, 2.45) is 4.99 Å². The summed E-state index contributed by atoms with van der Waals surface area (Å²) in [4.78, 5) is 30.5. The molecular formula is C20H38IN5O3. The molecule has 9 heteroatoms. The van der Waals surface area contributed by atoms with Gasteiger partial charge in [0.05, 0.1) is 6.04 Å². The van der Waals surface area contributed by atoms with E-state index in [1.165, 1.54) is 19.3 Å². The Kier molecular flexibility index (Phi) is 11.1. The molecule has 0 aromatic heterocycles. The number of carbonyl (C=O) groups excluding carboxylic acids is 2. The van der Waals surface area contributed by atoms with Gasteiger partial charge in [-0.05, 0) is 40.0 Å². The summed E-state index contributed by atoms with van der Waals surface area (Å²) in [5.74, 6) is 0.861. The van der Waals surface area contributed by atoms with Gasteiger partial charge < -0.3 is 25.6 Å². The van der Waals surface area contributed by atoms with Crippen LogP contribution in [-0.2, 0) is 9.53 Å². The van der Waals surface area contributed by atoms with Gasteiger partial charge in [-0.25, -0.2) is 4.79 Å². The molecule has 0 spiro atoms. The molecule has 0 radical (unpaired) electrons. The van der Waals surface area contributed by atoms with E-state index in [0.29, 0.717) is 25.6 Å². The molecule has 1 heterocycles. The molecule has 1 atom stereocenters. The number of likely N-dealkylation sites (tertiary alicyclic amines) is 1. The van der Waals surface area contributed by atoms with Crippen LogP contribution in [0, 0.1) is 0 Å². The first kappa shape index (κ1) is 25.8. The Bertz CT molecular complexity index is 559. The Morgan fingerprint density at radius 3 is 2.38 bits per heavy atom. The van der Waals surface area contributed by atoms with Gasteiger partial charge in [-0.15, -0.1) is 24.0 Å². The van der Waals surface area contributed by atoms with Gasteiger partial charge in [0, 0.05) is 39.1 Å². The Morgan fingerprint density at radius 1 is 1.07 bits per heavy atom. The second-order valence-electron chi connectivity index (χ2n) is 8.70. The predicted molar refractivity (Wildman–Crippen MR) is 126 cm³/mol. The molecule has 2 fully saturated rings. The SMILES string of the molecule is CN=C(NCCC(=O)NC1CCCCC1)N1CCC(NC(=O)OC(C)(C)C)C1.I. The van der Waals surface area contributed by atoms with Crippen LogP contribution >= 0.6 is 24.0 Å². The standard InChI is InChI=1S/C20H37N5O3.HI/c1-20(2,3)28-19(27)24-16-11-13-25(14-16)18(21-4)22-12-10-17(26)23-15-8-6-5-7-9-15;/h15-16H,5-14H2,1-4H3,(H,21,22)(H,23,26)(H,24,27);1H. The van der Waals surface area contributed by atoms with Crippen molar-refractivity contribution in [3.05, 3.63) is 0 Å². The Labute approximate surface area is 192 Å². The first-order valence-corrected chi connectivity index (χ1v) is 10.5. The van der Waals surface area contributed by atoms with Crippen LogP contribution in [0.4, 0.5) is 4.79 Å². The minimum atomic E-state index is -0.502. The molecule has 2 amide bonds. The molecule has 0 aromatic rings. The molecule has 1 aliphatic heterocycles. The number of nitrogens with one attached hydrogen (secondary N) is 3. The quantitative estimate of drug-likeness (QED) is 0.293. The Hall–Kier alpha value is -1.26. The number of aliphatic imine (C=N–C) groups is 1. The molecular weight excluding hydrogens is 485 g/mol. The fraction of sp³-hybridized carbons (Fsp3) is 0.850. The highest BCUT2D eigenvalue weighted by Gasteiger charge is 2.27. The molecule has 1 saturated heterocycles. The van der Waals surface area contributed by atoms with Crippen molar-refractivity contribution in [3.63, 3.8) is 0 Å². The van der Waals surface area contributed by atoms with Gasteiger partial charge in [-0.1, -0.05) is 19.3 Å². The van der Waals surface area contributed by atoms with E-state index in [0.717, 1.165) is 31.8 Å². The molecule has 0 aromatic carbocycles. The van der Waals surface area contributed by atoms with E-state index >= 15 is 0 Å². The van der Waals surface area contributed by atoms with Gasteiger partial charge in [-0.2, -0.15) is 0 Å². The molecule has 1 aliphatic carbocycles. The van der Waals surface area contributed by atoms with Crippen molar-refractivity contribution in [1.29, 1.82) is 0 Å². The number of rotatable bonds is 5. The number of alkyl carbamates (subject to hydrolysis) is 1. The third-order valence-corrected chi connectivity index (χ3v) is 5.03. The normalized spacial score (nSPS) is 20.6. The average Bonchev–Trinajstić information content (AvgIpc) is 3.06. The number of hydrogen-bond acceptors (Lipinski definition) is 4. The number of nitrogens with zero attached hydrogens (tertiary/aromatic N) is 2. The predicted octanol–water partition coefficient (Wildman–Crippen LogP) is 2.62. The number of guanidine groups is 1.